The number of rotatable bonds is 2. The molecule has 1 aromatic carbocycles. The molecule has 0 atom stereocenters. The predicted octanol–water partition coefficient (Wildman–Crippen LogP) is 4.26. The Labute approximate surface area is 109 Å². The average molecular weight is 292 g/mol. The molecule has 0 saturated heterocycles. The van der Waals surface area contributed by atoms with Gasteiger partial charge in [0, 0.05) is 11.8 Å². The monoisotopic (exact) mass is 292 g/mol. The van der Waals surface area contributed by atoms with E-state index in [4.69, 9.17) is 0 Å². The van der Waals surface area contributed by atoms with Gasteiger partial charge < -0.3 is 5.32 Å². The van der Waals surface area contributed by atoms with Crippen molar-refractivity contribution in [2.24, 2.45) is 0 Å². The SMILES string of the molecule is Fc1cc(F)c(Nc2cccc(C(F)(F)F)c2)nc1F. The number of benzene rings is 1. The quantitative estimate of drug-likeness (QED) is 0.660. The van der Waals surface area contributed by atoms with E-state index >= 15 is 0 Å². The van der Waals surface area contributed by atoms with Gasteiger partial charge in [0.05, 0.1) is 5.56 Å². The summed E-state index contributed by atoms with van der Waals surface area (Å²) in [5, 5.41) is 2.16. The molecule has 2 aromatic rings. The van der Waals surface area contributed by atoms with Gasteiger partial charge in [0.2, 0.25) is 0 Å². The first-order chi connectivity index (χ1) is 9.27. The van der Waals surface area contributed by atoms with Crippen LogP contribution in [0.1, 0.15) is 5.56 Å². The summed E-state index contributed by atoms with van der Waals surface area (Å²) in [4.78, 5) is 2.95. The molecule has 0 unspecified atom stereocenters. The maximum Gasteiger partial charge on any atom is 0.416 e. The Morgan fingerprint density at radius 2 is 1.65 bits per heavy atom. The van der Waals surface area contributed by atoms with Crippen LogP contribution >= 0.6 is 0 Å². The molecule has 2 nitrogen and oxygen atoms in total. The van der Waals surface area contributed by atoms with Crippen molar-refractivity contribution in [1.29, 1.82) is 0 Å². The van der Waals surface area contributed by atoms with Gasteiger partial charge in [0.25, 0.3) is 5.95 Å². The Balaban J connectivity index is 2.33. The van der Waals surface area contributed by atoms with E-state index in [1.165, 1.54) is 6.07 Å². The van der Waals surface area contributed by atoms with Crippen LogP contribution < -0.4 is 5.32 Å². The summed E-state index contributed by atoms with van der Waals surface area (Å²) in [7, 11) is 0. The molecule has 0 saturated carbocycles. The summed E-state index contributed by atoms with van der Waals surface area (Å²) in [6, 6.07) is 4.06. The van der Waals surface area contributed by atoms with Crippen LogP contribution in [-0.4, -0.2) is 4.98 Å². The number of nitrogens with zero attached hydrogens (tertiary/aromatic N) is 1. The third-order valence-electron chi connectivity index (χ3n) is 2.34. The van der Waals surface area contributed by atoms with Crippen molar-refractivity contribution in [1.82, 2.24) is 4.98 Å². The first-order valence-corrected chi connectivity index (χ1v) is 5.23. The number of pyridine rings is 1. The third-order valence-corrected chi connectivity index (χ3v) is 2.34. The van der Waals surface area contributed by atoms with Crippen LogP contribution in [0, 0.1) is 17.6 Å². The zero-order chi connectivity index (χ0) is 14.9. The zero-order valence-corrected chi connectivity index (χ0v) is 9.60. The van der Waals surface area contributed by atoms with Gasteiger partial charge in [-0.2, -0.15) is 22.5 Å². The molecule has 0 aliphatic carbocycles. The van der Waals surface area contributed by atoms with Crippen LogP contribution in [-0.2, 0) is 6.18 Å². The fraction of sp³-hybridized carbons (Fsp3) is 0.0833. The third kappa shape index (κ3) is 3.01. The Kier molecular flexibility index (Phi) is 3.56. The van der Waals surface area contributed by atoms with Gasteiger partial charge in [-0.05, 0) is 18.2 Å². The molecule has 1 aromatic heterocycles. The van der Waals surface area contributed by atoms with E-state index in [2.05, 4.69) is 10.3 Å². The average Bonchev–Trinajstić information content (AvgIpc) is 2.35. The summed E-state index contributed by atoms with van der Waals surface area (Å²) in [5.74, 6) is -4.97. The van der Waals surface area contributed by atoms with Crippen molar-refractivity contribution < 1.29 is 26.3 Å². The van der Waals surface area contributed by atoms with E-state index < -0.39 is 35.1 Å². The van der Waals surface area contributed by atoms with Crippen LogP contribution in [0.3, 0.4) is 0 Å². The van der Waals surface area contributed by atoms with Crippen molar-refractivity contribution >= 4 is 11.5 Å². The van der Waals surface area contributed by atoms with Gasteiger partial charge in [-0.3, -0.25) is 0 Å². The van der Waals surface area contributed by atoms with E-state index in [-0.39, 0.29) is 11.8 Å². The summed E-state index contributed by atoms with van der Waals surface area (Å²) in [5.41, 5.74) is -1.12. The molecule has 106 valence electrons. The van der Waals surface area contributed by atoms with Crippen molar-refractivity contribution in [3.05, 3.63) is 53.5 Å². The van der Waals surface area contributed by atoms with Gasteiger partial charge in [0.15, 0.2) is 17.5 Å². The molecule has 0 fully saturated rings. The minimum absolute atomic E-state index is 0.155. The number of anilines is 2. The normalized spacial score (nSPS) is 11.5. The molecule has 0 bridgehead atoms. The molecular formula is C12H6F6N2. The Morgan fingerprint density at radius 1 is 0.950 bits per heavy atom. The fourth-order valence-electron chi connectivity index (χ4n) is 1.44. The second-order valence-electron chi connectivity index (χ2n) is 3.79. The number of hydrogen-bond acceptors (Lipinski definition) is 2. The molecule has 0 amide bonds. The lowest BCUT2D eigenvalue weighted by molar-refractivity contribution is -0.137. The van der Waals surface area contributed by atoms with Gasteiger partial charge in [-0.25, -0.2) is 8.78 Å². The first-order valence-electron chi connectivity index (χ1n) is 5.23. The minimum atomic E-state index is -4.57. The summed E-state index contributed by atoms with van der Waals surface area (Å²) < 4.78 is 76.2. The fourth-order valence-corrected chi connectivity index (χ4v) is 1.44. The van der Waals surface area contributed by atoms with Gasteiger partial charge in [0.1, 0.15) is 0 Å². The highest BCUT2D eigenvalue weighted by molar-refractivity contribution is 5.57. The smallest absolute Gasteiger partial charge is 0.338 e. The summed E-state index contributed by atoms with van der Waals surface area (Å²) >= 11 is 0. The highest BCUT2D eigenvalue weighted by Gasteiger charge is 2.30. The van der Waals surface area contributed by atoms with Crippen molar-refractivity contribution in [3.63, 3.8) is 0 Å². The molecule has 0 spiro atoms. The largest absolute Gasteiger partial charge is 0.416 e. The van der Waals surface area contributed by atoms with Crippen molar-refractivity contribution in [3.8, 4) is 0 Å². The van der Waals surface area contributed by atoms with E-state index in [0.29, 0.717) is 6.07 Å². The zero-order valence-electron chi connectivity index (χ0n) is 9.60. The topological polar surface area (TPSA) is 24.9 Å². The first kappa shape index (κ1) is 14.2. The maximum atomic E-state index is 13.3. The van der Waals surface area contributed by atoms with Crippen molar-refractivity contribution in [2.45, 2.75) is 6.18 Å². The van der Waals surface area contributed by atoms with Crippen LogP contribution in [0.25, 0.3) is 0 Å². The second-order valence-corrected chi connectivity index (χ2v) is 3.79. The van der Waals surface area contributed by atoms with E-state index in [1.807, 2.05) is 0 Å². The lowest BCUT2D eigenvalue weighted by Gasteiger charge is -2.10. The van der Waals surface area contributed by atoms with Crippen LogP contribution in [0.15, 0.2) is 30.3 Å². The van der Waals surface area contributed by atoms with Crippen LogP contribution in [0.4, 0.5) is 37.8 Å². The number of alkyl halides is 3. The standard InChI is InChI=1S/C12H6F6N2/c13-8-5-9(14)11(20-10(8)15)19-7-3-1-2-6(4-7)12(16,17)18/h1-5H,(H,19,20). The molecule has 8 heteroatoms. The molecule has 20 heavy (non-hydrogen) atoms. The highest BCUT2D eigenvalue weighted by atomic mass is 19.4. The number of hydrogen-bond donors (Lipinski definition) is 1. The summed E-state index contributed by atoms with van der Waals surface area (Å²) in [6.07, 6.45) is -4.57. The predicted molar refractivity (Wildman–Crippen MR) is 58.8 cm³/mol. The number of halogens is 6. The molecule has 2 rings (SSSR count). The number of nitrogens with one attached hydrogen (secondary N) is 1. The molecule has 0 radical (unpaired) electrons. The Bertz CT molecular complexity index is 638. The van der Waals surface area contributed by atoms with Crippen LogP contribution in [0.2, 0.25) is 0 Å². The Hall–Kier alpha value is -2.25. The lowest BCUT2D eigenvalue weighted by atomic mass is 10.2. The van der Waals surface area contributed by atoms with Gasteiger partial charge in [-0.15, -0.1) is 0 Å². The van der Waals surface area contributed by atoms with Crippen LogP contribution in [0.5, 0.6) is 0 Å². The molecular weight excluding hydrogens is 286 g/mol. The van der Waals surface area contributed by atoms with Crippen molar-refractivity contribution in [2.75, 3.05) is 5.32 Å². The lowest BCUT2D eigenvalue weighted by Crippen LogP contribution is -2.06. The minimum Gasteiger partial charge on any atom is -0.338 e. The van der Waals surface area contributed by atoms with Gasteiger partial charge >= 0.3 is 6.18 Å². The Morgan fingerprint density at radius 3 is 2.30 bits per heavy atom. The van der Waals surface area contributed by atoms with E-state index in [0.717, 1.165) is 12.1 Å². The van der Waals surface area contributed by atoms with Gasteiger partial charge in [-0.1, -0.05) is 6.07 Å². The van der Waals surface area contributed by atoms with E-state index in [9.17, 15) is 26.3 Å². The van der Waals surface area contributed by atoms with E-state index in [1.54, 1.807) is 0 Å². The number of aromatic nitrogens is 1. The molecule has 0 aliphatic heterocycles. The maximum absolute atomic E-state index is 13.3. The molecule has 0 aliphatic rings. The summed E-state index contributed by atoms with van der Waals surface area (Å²) in [6.45, 7) is 0. The second kappa shape index (κ2) is 5.03. The molecule has 1 N–H and O–H groups in total. The highest BCUT2D eigenvalue weighted by Crippen LogP contribution is 2.31. The molecule has 1 heterocycles.